The average molecular weight is 534 g/mol. The molecule has 0 amide bonds. The van der Waals surface area contributed by atoms with Gasteiger partial charge in [0, 0.05) is 15.1 Å². The molecule has 29 heavy (non-hydrogen) atoms. The summed E-state index contributed by atoms with van der Waals surface area (Å²) in [4.78, 5) is 11.7. The van der Waals surface area contributed by atoms with E-state index in [1.165, 1.54) is 11.1 Å². The second-order valence-corrected chi connectivity index (χ2v) is 8.94. The number of hydrogen-bond acceptors (Lipinski definition) is 3. The van der Waals surface area contributed by atoms with Gasteiger partial charge in [-0.25, -0.2) is 4.79 Å². The van der Waals surface area contributed by atoms with Crippen molar-refractivity contribution in [2.45, 2.75) is 4.90 Å². The van der Waals surface area contributed by atoms with Gasteiger partial charge >= 0.3 is 5.97 Å². The normalized spacial score (nSPS) is 11.3. The van der Waals surface area contributed by atoms with Gasteiger partial charge in [-0.1, -0.05) is 64.5 Å². The van der Waals surface area contributed by atoms with E-state index in [4.69, 9.17) is 9.84 Å². The molecule has 0 aliphatic rings. The molecule has 0 aliphatic heterocycles. The molecule has 0 unspecified atom stereocenters. The van der Waals surface area contributed by atoms with Crippen LogP contribution in [-0.4, -0.2) is 23.4 Å². The summed E-state index contributed by atoms with van der Waals surface area (Å²) in [6.45, 7) is -0.360. The maximum Gasteiger partial charge on any atom is 0.341 e. The van der Waals surface area contributed by atoms with Gasteiger partial charge in [0.25, 0.3) is 0 Å². The molecule has 148 valence electrons. The Balaban J connectivity index is 1.76. The molecule has 0 aliphatic carbocycles. The summed E-state index contributed by atoms with van der Waals surface area (Å²) in [7, 11) is 0. The van der Waals surface area contributed by atoms with Crippen LogP contribution in [0.5, 0.6) is 5.75 Å². The lowest BCUT2D eigenvalue weighted by molar-refractivity contribution is -0.139. The molecule has 0 spiro atoms. The van der Waals surface area contributed by atoms with Crippen molar-refractivity contribution in [2.75, 3.05) is 12.4 Å². The van der Waals surface area contributed by atoms with Crippen molar-refractivity contribution in [3.8, 4) is 5.75 Å². The van der Waals surface area contributed by atoms with E-state index in [1.54, 1.807) is 17.8 Å². The summed E-state index contributed by atoms with van der Waals surface area (Å²) >= 11 is 8.71. The standard InChI is InChI=1S/C23H18Br2O3S/c24-18-8-4-7-17(13-18)20(16-5-2-1-3-6-16)11-12-29-19-9-10-22(21(25)14-19)28-15-23(26)27/h1-11,13-14H,12,15H2,(H,26,27). The average Bonchev–Trinajstić information content (AvgIpc) is 2.71. The number of carboxylic acids is 1. The molecule has 0 atom stereocenters. The second kappa shape index (κ2) is 10.7. The lowest BCUT2D eigenvalue weighted by Crippen LogP contribution is -2.09. The molecule has 1 N–H and O–H groups in total. The highest BCUT2D eigenvalue weighted by Gasteiger charge is 2.07. The summed E-state index contributed by atoms with van der Waals surface area (Å²) in [6, 6.07) is 24.3. The third kappa shape index (κ3) is 6.49. The van der Waals surface area contributed by atoms with E-state index < -0.39 is 5.97 Å². The third-order valence-corrected chi connectivity index (χ3v) is 6.05. The van der Waals surface area contributed by atoms with E-state index in [9.17, 15) is 4.79 Å². The Morgan fingerprint density at radius 2 is 1.72 bits per heavy atom. The second-order valence-electron chi connectivity index (χ2n) is 6.08. The first-order valence-electron chi connectivity index (χ1n) is 8.81. The van der Waals surface area contributed by atoms with Gasteiger partial charge < -0.3 is 9.84 Å². The molecule has 0 fully saturated rings. The molecule has 3 aromatic carbocycles. The number of aliphatic carboxylic acids is 1. The number of carbonyl (C=O) groups is 1. The van der Waals surface area contributed by atoms with Crippen LogP contribution in [0.25, 0.3) is 5.57 Å². The first-order chi connectivity index (χ1) is 14.0. The number of thioether (sulfide) groups is 1. The molecule has 6 heteroatoms. The quantitative estimate of drug-likeness (QED) is 0.320. The Labute approximate surface area is 191 Å². The van der Waals surface area contributed by atoms with Crippen molar-refractivity contribution in [1.29, 1.82) is 0 Å². The minimum atomic E-state index is -0.999. The van der Waals surface area contributed by atoms with Crippen molar-refractivity contribution in [1.82, 2.24) is 0 Å². The highest BCUT2D eigenvalue weighted by Crippen LogP contribution is 2.32. The lowest BCUT2D eigenvalue weighted by atomic mass is 9.98. The van der Waals surface area contributed by atoms with Crippen LogP contribution in [-0.2, 0) is 4.79 Å². The zero-order chi connectivity index (χ0) is 20.6. The topological polar surface area (TPSA) is 46.5 Å². The highest BCUT2D eigenvalue weighted by molar-refractivity contribution is 9.10. The van der Waals surface area contributed by atoms with Crippen molar-refractivity contribution in [3.63, 3.8) is 0 Å². The Bertz CT molecular complexity index is 1020. The number of rotatable bonds is 8. The van der Waals surface area contributed by atoms with E-state index in [2.05, 4.69) is 62.2 Å². The van der Waals surface area contributed by atoms with Gasteiger partial charge in [-0.15, -0.1) is 11.8 Å². The van der Waals surface area contributed by atoms with Gasteiger partial charge in [0.1, 0.15) is 5.75 Å². The fraction of sp³-hybridized carbons (Fsp3) is 0.0870. The molecule has 0 bridgehead atoms. The van der Waals surface area contributed by atoms with Crippen molar-refractivity contribution < 1.29 is 14.6 Å². The maximum absolute atomic E-state index is 10.7. The van der Waals surface area contributed by atoms with Gasteiger partial charge in [0.05, 0.1) is 4.47 Å². The minimum absolute atomic E-state index is 0.360. The summed E-state index contributed by atoms with van der Waals surface area (Å²) in [5.41, 5.74) is 3.51. The highest BCUT2D eigenvalue weighted by atomic mass is 79.9. The van der Waals surface area contributed by atoms with E-state index >= 15 is 0 Å². The van der Waals surface area contributed by atoms with E-state index in [0.29, 0.717) is 5.75 Å². The Hall–Kier alpha value is -2.02. The zero-order valence-corrected chi connectivity index (χ0v) is 19.3. The van der Waals surface area contributed by atoms with Crippen LogP contribution in [0.4, 0.5) is 0 Å². The van der Waals surface area contributed by atoms with Crippen LogP contribution in [0, 0.1) is 0 Å². The fourth-order valence-electron chi connectivity index (χ4n) is 2.73. The van der Waals surface area contributed by atoms with Crippen molar-refractivity contribution in [3.05, 3.63) is 98.9 Å². The molecule has 3 nitrogen and oxygen atoms in total. The van der Waals surface area contributed by atoms with Crippen molar-refractivity contribution >= 4 is 55.2 Å². The van der Waals surface area contributed by atoms with Gasteiger partial charge in [-0.2, -0.15) is 0 Å². The molecule has 0 saturated heterocycles. The number of carboxylic acid groups (broad SMARTS) is 1. The number of hydrogen-bond donors (Lipinski definition) is 1. The van der Waals surface area contributed by atoms with Gasteiger partial charge in [0.2, 0.25) is 0 Å². The molecular formula is C23H18Br2O3S. The third-order valence-electron chi connectivity index (χ3n) is 4.01. The van der Waals surface area contributed by atoms with Crippen molar-refractivity contribution in [2.24, 2.45) is 0 Å². The van der Waals surface area contributed by atoms with E-state index in [0.717, 1.165) is 25.2 Å². The first-order valence-corrected chi connectivity index (χ1v) is 11.4. The first kappa shape index (κ1) is 21.7. The van der Waals surface area contributed by atoms with Crippen LogP contribution in [0.1, 0.15) is 11.1 Å². The monoisotopic (exact) mass is 532 g/mol. The van der Waals surface area contributed by atoms with E-state index in [-0.39, 0.29) is 6.61 Å². The Kier molecular flexibility index (Phi) is 7.98. The van der Waals surface area contributed by atoms with Gasteiger partial charge in [-0.3, -0.25) is 0 Å². The number of halogens is 2. The molecule has 0 aromatic heterocycles. The zero-order valence-electron chi connectivity index (χ0n) is 15.3. The summed E-state index contributed by atoms with van der Waals surface area (Å²) in [6.07, 6.45) is 2.23. The van der Waals surface area contributed by atoms with E-state index in [1.807, 2.05) is 42.5 Å². The van der Waals surface area contributed by atoms with Crippen LogP contribution in [0.2, 0.25) is 0 Å². The Morgan fingerprint density at radius 1 is 0.966 bits per heavy atom. The fourth-order valence-corrected chi connectivity index (χ4v) is 4.58. The van der Waals surface area contributed by atoms with Gasteiger partial charge in [0.15, 0.2) is 6.61 Å². The molecule has 0 saturated carbocycles. The SMILES string of the molecule is O=C(O)COc1ccc(SCC=C(c2ccccc2)c2cccc(Br)c2)cc1Br. The minimum Gasteiger partial charge on any atom is -0.481 e. The summed E-state index contributed by atoms with van der Waals surface area (Å²) in [5.74, 6) is 0.311. The Morgan fingerprint density at radius 3 is 2.41 bits per heavy atom. The smallest absolute Gasteiger partial charge is 0.341 e. The molecular weight excluding hydrogens is 516 g/mol. The van der Waals surface area contributed by atoms with Crippen LogP contribution in [0.3, 0.4) is 0 Å². The van der Waals surface area contributed by atoms with Gasteiger partial charge in [-0.05, 0) is 63.0 Å². The predicted octanol–water partition coefficient (Wildman–Crippen LogP) is 6.90. The van der Waals surface area contributed by atoms with Crippen LogP contribution in [0.15, 0.2) is 92.7 Å². The summed E-state index contributed by atoms with van der Waals surface area (Å²) in [5, 5.41) is 8.74. The number of ether oxygens (including phenoxy) is 1. The molecule has 0 heterocycles. The molecule has 3 aromatic rings. The molecule has 0 radical (unpaired) electrons. The van der Waals surface area contributed by atoms with Crippen LogP contribution < -0.4 is 4.74 Å². The largest absolute Gasteiger partial charge is 0.481 e. The van der Waals surface area contributed by atoms with Crippen LogP contribution >= 0.6 is 43.6 Å². The maximum atomic E-state index is 10.7. The molecule has 3 rings (SSSR count). The summed E-state index contributed by atoms with van der Waals surface area (Å²) < 4.78 is 7.04. The predicted molar refractivity (Wildman–Crippen MR) is 126 cm³/mol. The lowest BCUT2D eigenvalue weighted by Gasteiger charge is -2.10. The number of benzene rings is 3.